The standard InChI is InChI=1S/C18H19N3O6/c1-27-18(26)13(7-11-4-5-14(22)15(23)8-11)21-16(24)10-20-17(25)12-3-2-6-19-9-12/h2-6,8-9,13,22-23H,7,10H2,1H3,(H,20,25)(H,21,24). The number of hydrogen-bond donors (Lipinski definition) is 4. The first-order valence-electron chi connectivity index (χ1n) is 7.97. The molecule has 1 atom stereocenters. The number of pyridine rings is 1. The lowest BCUT2D eigenvalue weighted by Crippen LogP contribution is -2.47. The van der Waals surface area contributed by atoms with E-state index in [1.54, 1.807) is 12.1 Å². The highest BCUT2D eigenvalue weighted by molar-refractivity contribution is 5.96. The first-order valence-corrected chi connectivity index (χ1v) is 7.97. The Hall–Kier alpha value is -3.62. The van der Waals surface area contributed by atoms with E-state index < -0.39 is 23.8 Å². The van der Waals surface area contributed by atoms with Crippen LogP contribution >= 0.6 is 0 Å². The number of phenols is 2. The van der Waals surface area contributed by atoms with E-state index in [2.05, 4.69) is 20.4 Å². The highest BCUT2D eigenvalue weighted by atomic mass is 16.5. The molecule has 1 heterocycles. The van der Waals surface area contributed by atoms with E-state index in [1.165, 1.54) is 37.7 Å². The monoisotopic (exact) mass is 373 g/mol. The molecule has 2 amide bonds. The fourth-order valence-corrected chi connectivity index (χ4v) is 2.27. The minimum atomic E-state index is -1.03. The summed E-state index contributed by atoms with van der Waals surface area (Å²) < 4.78 is 4.67. The van der Waals surface area contributed by atoms with Crippen LogP contribution in [0.3, 0.4) is 0 Å². The van der Waals surface area contributed by atoms with Gasteiger partial charge in [-0.3, -0.25) is 14.6 Å². The summed E-state index contributed by atoms with van der Waals surface area (Å²) in [6.07, 6.45) is 2.91. The van der Waals surface area contributed by atoms with Crippen LogP contribution in [0.1, 0.15) is 15.9 Å². The van der Waals surface area contributed by atoms with Gasteiger partial charge < -0.3 is 25.6 Å². The van der Waals surface area contributed by atoms with Gasteiger partial charge in [-0.25, -0.2) is 4.79 Å². The Kier molecular flexibility index (Phi) is 6.70. The zero-order valence-corrected chi connectivity index (χ0v) is 14.5. The average Bonchev–Trinajstić information content (AvgIpc) is 2.68. The molecular formula is C18H19N3O6. The number of nitrogens with one attached hydrogen (secondary N) is 2. The number of ether oxygens (including phenoxy) is 1. The number of carbonyl (C=O) groups is 3. The number of methoxy groups -OCH3 is 1. The lowest BCUT2D eigenvalue weighted by Gasteiger charge is -2.17. The third-order valence-electron chi connectivity index (χ3n) is 3.63. The second-order valence-electron chi connectivity index (χ2n) is 5.59. The van der Waals surface area contributed by atoms with Crippen molar-refractivity contribution in [2.75, 3.05) is 13.7 Å². The van der Waals surface area contributed by atoms with Gasteiger partial charge in [-0.1, -0.05) is 6.07 Å². The first-order chi connectivity index (χ1) is 12.9. The van der Waals surface area contributed by atoms with Crippen molar-refractivity contribution in [3.05, 3.63) is 53.9 Å². The maximum atomic E-state index is 12.1. The summed E-state index contributed by atoms with van der Waals surface area (Å²) in [5.74, 6) is -2.39. The number of benzene rings is 1. The predicted molar refractivity (Wildman–Crippen MR) is 94.0 cm³/mol. The largest absolute Gasteiger partial charge is 0.504 e. The molecule has 1 aromatic carbocycles. The van der Waals surface area contributed by atoms with Crippen molar-refractivity contribution in [1.29, 1.82) is 0 Å². The van der Waals surface area contributed by atoms with Gasteiger partial charge in [0.25, 0.3) is 5.91 Å². The Balaban J connectivity index is 1.96. The van der Waals surface area contributed by atoms with Gasteiger partial charge >= 0.3 is 5.97 Å². The topological polar surface area (TPSA) is 138 Å². The van der Waals surface area contributed by atoms with Gasteiger partial charge in [0.1, 0.15) is 6.04 Å². The molecule has 0 bridgehead atoms. The number of hydrogen-bond acceptors (Lipinski definition) is 7. The van der Waals surface area contributed by atoms with Gasteiger partial charge in [0.15, 0.2) is 11.5 Å². The summed E-state index contributed by atoms with van der Waals surface area (Å²) in [7, 11) is 1.18. The molecule has 2 rings (SSSR count). The van der Waals surface area contributed by atoms with Crippen molar-refractivity contribution in [2.45, 2.75) is 12.5 Å². The van der Waals surface area contributed by atoms with Gasteiger partial charge in [-0.2, -0.15) is 0 Å². The minimum absolute atomic E-state index is 0.0306. The molecule has 0 saturated carbocycles. The summed E-state index contributed by atoms with van der Waals surface area (Å²) in [5.41, 5.74) is 0.801. The smallest absolute Gasteiger partial charge is 0.328 e. The summed E-state index contributed by atoms with van der Waals surface area (Å²) in [5, 5.41) is 23.8. The fraction of sp³-hybridized carbons (Fsp3) is 0.222. The molecule has 142 valence electrons. The van der Waals surface area contributed by atoms with Crippen molar-refractivity contribution < 1.29 is 29.3 Å². The average molecular weight is 373 g/mol. The van der Waals surface area contributed by atoms with E-state index in [0.717, 1.165) is 0 Å². The molecular weight excluding hydrogens is 354 g/mol. The molecule has 0 fully saturated rings. The number of rotatable bonds is 7. The van der Waals surface area contributed by atoms with Gasteiger partial charge in [0, 0.05) is 18.8 Å². The Morgan fingerprint density at radius 2 is 1.96 bits per heavy atom. The van der Waals surface area contributed by atoms with Crippen LogP contribution in [0.25, 0.3) is 0 Å². The molecule has 0 aliphatic carbocycles. The summed E-state index contributed by atoms with van der Waals surface area (Å²) in [4.78, 5) is 39.7. The van der Waals surface area contributed by atoms with Crippen LogP contribution < -0.4 is 10.6 Å². The van der Waals surface area contributed by atoms with Crippen LogP contribution in [0.15, 0.2) is 42.7 Å². The molecule has 27 heavy (non-hydrogen) atoms. The molecule has 9 nitrogen and oxygen atoms in total. The highest BCUT2D eigenvalue weighted by Crippen LogP contribution is 2.25. The maximum absolute atomic E-state index is 12.1. The van der Waals surface area contributed by atoms with Gasteiger partial charge in [-0.05, 0) is 29.8 Å². The number of nitrogens with zero attached hydrogens (tertiary/aromatic N) is 1. The summed E-state index contributed by atoms with van der Waals surface area (Å²) in [6.45, 7) is -0.345. The lowest BCUT2D eigenvalue weighted by atomic mass is 10.1. The van der Waals surface area contributed by atoms with E-state index >= 15 is 0 Å². The van der Waals surface area contributed by atoms with Crippen molar-refractivity contribution in [1.82, 2.24) is 15.6 Å². The predicted octanol–water partition coefficient (Wildman–Crippen LogP) is 0.123. The van der Waals surface area contributed by atoms with Crippen LogP contribution in [0.5, 0.6) is 11.5 Å². The molecule has 4 N–H and O–H groups in total. The molecule has 0 spiro atoms. The summed E-state index contributed by atoms with van der Waals surface area (Å²) in [6, 6.07) is 6.17. The third-order valence-corrected chi connectivity index (χ3v) is 3.63. The Morgan fingerprint density at radius 1 is 1.19 bits per heavy atom. The molecule has 9 heteroatoms. The first kappa shape index (κ1) is 19.7. The number of carbonyl (C=O) groups excluding carboxylic acids is 3. The molecule has 0 radical (unpaired) electrons. The van der Waals surface area contributed by atoms with E-state index in [9.17, 15) is 24.6 Å². The van der Waals surface area contributed by atoms with Crippen molar-refractivity contribution in [3.63, 3.8) is 0 Å². The second kappa shape index (κ2) is 9.18. The second-order valence-corrected chi connectivity index (χ2v) is 5.59. The Labute approximate surface area is 155 Å². The third kappa shape index (κ3) is 5.70. The molecule has 1 aromatic heterocycles. The normalized spacial score (nSPS) is 11.3. The van der Waals surface area contributed by atoms with Crippen LogP contribution in [0.2, 0.25) is 0 Å². The van der Waals surface area contributed by atoms with Crippen LogP contribution in [0, 0.1) is 0 Å². The van der Waals surface area contributed by atoms with Gasteiger partial charge in [0.2, 0.25) is 5.91 Å². The van der Waals surface area contributed by atoms with Gasteiger partial charge in [0.05, 0.1) is 19.2 Å². The van der Waals surface area contributed by atoms with E-state index in [0.29, 0.717) is 11.1 Å². The lowest BCUT2D eigenvalue weighted by molar-refractivity contribution is -0.144. The van der Waals surface area contributed by atoms with Crippen molar-refractivity contribution >= 4 is 17.8 Å². The molecule has 2 aromatic rings. The van der Waals surface area contributed by atoms with Crippen LogP contribution in [0.4, 0.5) is 0 Å². The zero-order valence-electron chi connectivity index (χ0n) is 14.5. The number of esters is 1. The van der Waals surface area contributed by atoms with Crippen LogP contribution in [-0.4, -0.2) is 52.7 Å². The van der Waals surface area contributed by atoms with Crippen LogP contribution in [-0.2, 0) is 20.7 Å². The van der Waals surface area contributed by atoms with E-state index in [1.807, 2.05) is 0 Å². The number of aromatic hydroxyl groups is 2. The SMILES string of the molecule is COC(=O)C(Cc1ccc(O)c(O)c1)NC(=O)CNC(=O)c1cccnc1. The van der Waals surface area contributed by atoms with Gasteiger partial charge in [-0.15, -0.1) is 0 Å². The van der Waals surface area contributed by atoms with E-state index in [-0.39, 0.29) is 24.5 Å². The van der Waals surface area contributed by atoms with Crippen molar-refractivity contribution in [3.8, 4) is 11.5 Å². The number of aromatic nitrogens is 1. The highest BCUT2D eigenvalue weighted by Gasteiger charge is 2.22. The Morgan fingerprint density at radius 3 is 2.59 bits per heavy atom. The van der Waals surface area contributed by atoms with E-state index in [4.69, 9.17) is 0 Å². The number of phenolic OH excluding ortho intramolecular Hbond substituents is 2. The van der Waals surface area contributed by atoms with Crippen molar-refractivity contribution in [2.24, 2.45) is 0 Å². The molecule has 0 aliphatic rings. The Bertz CT molecular complexity index is 825. The quantitative estimate of drug-likeness (QED) is 0.399. The molecule has 0 saturated heterocycles. The maximum Gasteiger partial charge on any atom is 0.328 e. The summed E-state index contributed by atoms with van der Waals surface area (Å²) >= 11 is 0. The number of amides is 2. The zero-order chi connectivity index (χ0) is 19.8. The molecule has 0 aliphatic heterocycles. The minimum Gasteiger partial charge on any atom is -0.504 e. The molecule has 1 unspecified atom stereocenters. The fourth-order valence-electron chi connectivity index (χ4n) is 2.27.